The van der Waals surface area contributed by atoms with E-state index in [4.69, 9.17) is 9.73 Å². The number of aliphatic imine (C=N–C) groups is 1. The van der Waals surface area contributed by atoms with Gasteiger partial charge >= 0.3 is 0 Å². The van der Waals surface area contributed by atoms with Crippen LogP contribution in [0.25, 0.3) is 0 Å². The first-order valence-electron chi connectivity index (χ1n) is 11.0. The van der Waals surface area contributed by atoms with Gasteiger partial charge in [0, 0.05) is 32.7 Å². The molecule has 1 atom stereocenters. The van der Waals surface area contributed by atoms with Crippen LogP contribution in [0.5, 0.6) is 0 Å². The van der Waals surface area contributed by atoms with Gasteiger partial charge in [-0.1, -0.05) is 19.3 Å². The van der Waals surface area contributed by atoms with Gasteiger partial charge in [0.05, 0.1) is 6.54 Å². The van der Waals surface area contributed by atoms with Gasteiger partial charge in [0.1, 0.15) is 24.8 Å². The fourth-order valence-electron chi connectivity index (χ4n) is 4.17. The van der Waals surface area contributed by atoms with E-state index < -0.39 is 0 Å². The number of ether oxygens (including phenoxy) is 1. The van der Waals surface area contributed by atoms with Crippen molar-refractivity contribution in [1.82, 2.24) is 40.2 Å². The van der Waals surface area contributed by atoms with Crippen molar-refractivity contribution in [3.05, 3.63) is 23.3 Å². The molecule has 31 heavy (non-hydrogen) atoms. The number of nitrogens with one attached hydrogen (secondary N) is 2. The average molecular weight is 543 g/mol. The predicted octanol–water partition coefficient (Wildman–Crippen LogP) is 1.86. The first kappa shape index (κ1) is 23.9. The number of halogens is 1. The lowest BCUT2D eigenvalue weighted by atomic mass is 9.96. The van der Waals surface area contributed by atoms with E-state index in [0.29, 0.717) is 19.2 Å². The van der Waals surface area contributed by atoms with Crippen LogP contribution in [-0.4, -0.2) is 54.7 Å². The molecule has 0 aromatic carbocycles. The van der Waals surface area contributed by atoms with Crippen LogP contribution >= 0.6 is 24.0 Å². The lowest BCUT2D eigenvalue weighted by Gasteiger charge is -2.29. The standard InChI is InChI=1S/C20H33N9O.HI/c1-14-25-26-19(28(14)2)11-21-20(22-15-7-5-4-6-8-15)23-16-9-10-18-24-17(13-30-3)27-29(18)12-16;/h15-16H,4-13H2,1-3H3,(H2,21,22,23);1H. The molecule has 0 amide bonds. The zero-order chi connectivity index (χ0) is 20.9. The number of rotatable bonds is 6. The van der Waals surface area contributed by atoms with Crippen LogP contribution in [0.4, 0.5) is 0 Å². The number of hydrogen-bond donors (Lipinski definition) is 2. The van der Waals surface area contributed by atoms with E-state index in [1.54, 1.807) is 7.11 Å². The van der Waals surface area contributed by atoms with E-state index in [9.17, 15) is 0 Å². The third kappa shape index (κ3) is 6.15. The van der Waals surface area contributed by atoms with E-state index in [1.807, 2.05) is 23.2 Å². The molecule has 3 heterocycles. The average Bonchev–Trinajstić information content (AvgIpc) is 3.29. The molecule has 172 valence electrons. The molecule has 1 aliphatic heterocycles. The van der Waals surface area contributed by atoms with Gasteiger partial charge in [-0.2, -0.15) is 5.10 Å². The summed E-state index contributed by atoms with van der Waals surface area (Å²) in [6, 6.07) is 0.732. The first-order chi connectivity index (χ1) is 14.6. The maximum atomic E-state index is 5.17. The number of aryl methyl sites for hydroxylation is 2. The summed E-state index contributed by atoms with van der Waals surface area (Å²) in [5.74, 6) is 4.40. The van der Waals surface area contributed by atoms with Crippen molar-refractivity contribution < 1.29 is 4.74 Å². The van der Waals surface area contributed by atoms with E-state index in [2.05, 4.69) is 30.9 Å². The highest BCUT2D eigenvalue weighted by Gasteiger charge is 2.24. The largest absolute Gasteiger partial charge is 0.377 e. The number of nitrogens with zero attached hydrogens (tertiary/aromatic N) is 7. The third-order valence-electron chi connectivity index (χ3n) is 6.02. The molecule has 4 rings (SSSR count). The van der Waals surface area contributed by atoms with Crippen LogP contribution in [0.2, 0.25) is 0 Å². The molecule has 11 heteroatoms. The molecule has 0 spiro atoms. The number of hydrogen-bond acceptors (Lipinski definition) is 6. The molecule has 0 radical (unpaired) electrons. The minimum absolute atomic E-state index is 0. The SMILES string of the molecule is COCc1nc2n(n1)CC(NC(=NCc1nnc(C)n1C)NC1CCCCC1)CC2.I. The second-order valence-corrected chi connectivity index (χ2v) is 8.31. The highest BCUT2D eigenvalue weighted by molar-refractivity contribution is 14.0. The van der Waals surface area contributed by atoms with Gasteiger partial charge < -0.3 is 19.9 Å². The quantitative estimate of drug-likeness (QED) is 0.326. The van der Waals surface area contributed by atoms with Crippen molar-refractivity contribution in [1.29, 1.82) is 0 Å². The summed E-state index contributed by atoms with van der Waals surface area (Å²) in [6.45, 7) is 3.68. The Morgan fingerprint density at radius 3 is 2.61 bits per heavy atom. The van der Waals surface area contributed by atoms with Crippen molar-refractivity contribution in [2.24, 2.45) is 12.0 Å². The molecular weight excluding hydrogens is 509 g/mol. The zero-order valence-electron chi connectivity index (χ0n) is 18.7. The van der Waals surface area contributed by atoms with Crippen LogP contribution < -0.4 is 10.6 Å². The van der Waals surface area contributed by atoms with Crippen LogP contribution in [0.15, 0.2) is 4.99 Å². The molecule has 0 bridgehead atoms. The fourth-order valence-corrected chi connectivity index (χ4v) is 4.17. The van der Waals surface area contributed by atoms with Gasteiger partial charge in [0.15, 0.2) is 17.6 Å². The summed E-state index contributed by atoms with van der Waals surface area (Å²) < 4.78 is 9.16. The lowest BCUT2D eigenvalue weighted by Crippen LogP contribution is -2.50. The Morgan fingerprint density at radius 2 is 1.90 bits per heavy atom. The Kier molecular flexibility index (Phi) is 8.64. The molecular formula is C20H34IN9O. The van der Waals surface area contributed by atoms with Crippen LogP contribution in [0.3, 0.4) is 0 Å². The minimum atomic E-state index is 0. The maximum absolute atomic E-state index is 5.17. The van der Waals surface area contributed by atoms with E-state index in [1.165, 1.54) is 32.1 Å². The molecule has 2 N–H and O–H groups in total. The van der Waals surface area contributed by atoms with Crippen molar-refractivity contribution in [3.63, 3.8) is 0 Å². The lowest BCUT2D eigenvalue weighted by molar-refractivity contribution is 0.177. The smallest absolute Gasteiger partial charge is 0.192 e. The summed E-state index contributed by atoms with van der Waals surface area (Å²) in [7, 11) is 3.65. The monoisotopic (exact) mass is 543 g/mol. The Bertz CT molecular complexity index is 872. The van der Waals surface area contributed by atoms with Crippen LogP contribution in [0, 0.1) is 6.92 Å². The van der Waals surface area contributed by atoms with Gasteiger partial charge in [0.25, 0.3) is 0 Å². The van der Waals surface area contributed by atoms with Crippen molar-refractivity contribution >= 4 is 29.9 Å². The third-order valence-corrected chi connectivity index (χ3v) is 6.02. The van der Waals surface area contributed by atoms with Crippen molar-refractivity contribution in [3.8, 4) is 0 Å². The summed E-state index contributed by atoms with van der Waals surface area (Å²) >= 11 is 0. The number of guanidine groups is 1. The topological polar surface area (TPSA) is 107 Å². The predicted molar refractivity (Wildman–Crippen MR) is 128 cm³/mol. The Hall–Kier alpha value is -1.76. The van der Waals surface area contributed by atoms with E-state index in [0.717, 1.165) is 48.6 Å². The second-order valence-electron chi connectivity index (χ2n) is 8.31. The second kappa shape index (κ2) is 11.2. The number of fused-ring (bicyclic) bond motifs is 1. The van der Waals surface area contributed by atoms with Crippen molar-refractivity contribution in [2.45, 2.75) is 83.6 Å². The highest BCUT2D eigenvalue weighted by atomic mass is 127. The maximum Gasteiger partial charge on any atom is 0.192 e. The minimum Gasteiger partial charge on any atom is -0.377 e. The van der Waals surface area contributed by atoms with E-state index >= 15 is 0 Å². The molecule has 2 aromatic heterocycles. The number of aromatic nitrogens is 6. The fraction of sp³-hybridized carbons (Fsp3) is 0.750. The van der Waals surface area contributed by atoms with Gasteiger partial charge in [0.2, 0.25) is 0 Å². The molecule has 1 unspecified atom stereocenters. The summed E-state index contributed by atoms with van der Waals surface area (Å²) in [6.07, 6.45) is 8.18. The molecule has 0 saturated heterocycles. The zero-order valence-corrected chi connectivity index (χ0v) is 21.0. The molecule has 10 nitrogen and oxygen atoms in total. The summed E-state index contributed by atoms with van der Waals surface area (Å²) in [5.41, 5.74) is 0. The van der Waals surface area contributed by atoms with Crippen LogP contribution in [0.1, 0.15) is 61.8 Å². The highest BCUT2D eigenvalue weighted by Crippen LogP contribution is 2.18. The van der Waals surface area contributed by atoms with Crippen molar-refractivity contribution in [2.75, 3.05) is 7.11 Å². The van der Waals surface area contributed by atoms with Crippen LogP contribution in [-0.2, 0) is 37.9 Å². The Balaban J connectivity index is 0.00000272. The Labute approximate surface area is 200 Å². The summed E-state index contributed by atoms with van der Waals surface area (Å²) in [5, 5.41) is 20.3. The number of methoxy groups -OCH3 is 1. The molecule has 2 aromatic rings. The van der Waals surface area contributed by atoms with Gasteiger partial charge in [-0.25, -0.2) is 14.7 Å². The summed E-state index contributed by atoms with van der Waals surface area (Å²) in [4.78, 5) is 9.42. The van der Waals surface area contributed by atoms with Gasteiger partial charge in [-0.15, -0.1) is 34.2 Å². The molecule has 1 fully saturated rings. The van der Waals surface area contributed by atoms with Gasteiger partial charge in [-0.05, 0) is 26.2 Å². The molecule has 1 aliphatic carbocycles. The first-order valence-corrected chi connectivity index (χ1v) is 11.0. The van der Waals surface area contributed by atoms with E-state index in [-0.39, 0.29) is 30.0 Å². The molecule has 2 aliphatic rings. The normalized spacial score (nSPS) is 19.6. The molecule has 1 saturated carbocycles. The van der Waals surface area contributed by atoms with Gasteiger partial charge in [-0.3, -0.25) is 0 Å². The Morgan fingerprint density at radius 1 is 1.13 bits per heavy atom.